The first-order valence-corrected chi connectivity index (χ1v) is 20.8. The number of carbonyl (C=O) groups excluding carboxylic acids is 2. The Labute approximate surface area is 330 Å². The minimum atomic E-state index is -4.41. The van der Waals surface area contributed by atoms with Crippen LogP contribution in [-0.4, -0.2) is 41.4 Å². The highest BCUT2D eigenvalue weighted by Crippen LogP contribution is 2.44. The summed E-state index contributed by atoms with van der Waals surface area (Å²) in [6.45, 7) is 1.86. The Kier molecular flexibility index (Phi) is 9.05. The number of nitrogens with zero attached hydrogens (tertiary/aromatic N) is 2. The van der Waals surface area contributed by atoms with Crippen molar-refractivity contribution < 1.29 is 27.3 Å². The number of ether oxygens (including phenoxy) is 1. The Morgan fingerprint density at radius 2 is 1.38 bits per heavy atom. The molecule has 0 aliphatic heterocycles. The molecule has 1 aliphatic rings. The van der Waals surface area contributed by atoms with Gasteiger partial charge in [0.1, 0.15) is 21.5 Å². The van der Waals surface area contributed by atoms with Crippen molar-refractivity contribution in [1.82, 2.24) is 9.97 Å². The van der Waals surface area contributed by atoms with Crippen molar-refractivity contribution in [1.29, 1.82) is 0 Å². The molecule has 0 radical (unpaired) electrons. The smallest absolute Gasteiger partial charge is 0.411 e. The zero-order valence-electron chi connectivity index (χ0n) is 29.7. The van der Waals surface area contributed by atoms with Crippen LogP contribution in [0.3, 0.4) is 0 Å². The SMILES string of the molecule is Cc1ccc2nc(-c3ccc4nc(-c5ccc(CC(=O)c6ccc(NC(=O)OCC7c8ccccc8-c8ccccc87)cc6)cc5)sc4c3)sc2c1S(=O)(=O)O. The van der Waals surface area contributed by atoms with Gasteiger partial charge in [-0.25, -0.2) is 14.8 Å². The molecule has 0 spiro atoms. The number of amides is 1. The molecule has 0 unspecified atom stereocenters. The molecule has 0 fully saturated rings. The molecule has 9 nitrogen and oxygen atoms in total. The molecule has 2 N–H and O–H groups in total. The van der Waals surface area contributed by atoms with Gasteiger partial charge in [0.15, 0.2) is 5.78 Å². The molecule has 12 heteroatoms. The third-order valence-corrected chi connectivity index (χ3v) is 13.3. The topological polar surface area (TPSA) is 136 Å². The molecule has 0 bridgehead atoms. The summed E-state index contributed by atoms with van der Waals surface area (Å²) in [5.41, 5.74) is 10.1. The minimum absolute atomic E-state index is 0.0344. The van der Waals surface area contributed by atoms with Crippen molar-refractivity contribution in [2.24, 2.45) is 0 Å². The molecule has 1 amide bonds. The second-order valence-corrected chi connectivity index (χ2v) is 17.0. The fraction of sp³-hybridized carbons (Fsp3) is 0.0909. The van der Waals surface area contributed by atoms with Crippen LogP contribution in [0.25, 0.3) is 52.7 Å². The van der Waals surface area contributed by atoms with Crippen LogP contribution in [0, 0.1) is 6.92 Å². The quantitative estimate of drug-likeness (QED) is 0.109. The number of aryl methyl sites for hydroxylation is 1. The van der Waals surface area contributed by atoms with E-state index in [9.17, 15) is 22.6 Å². The van der Waals surface area contributed by atoms with Gasteiger partial charge in [-0.15, -0.1) is 22.7 Å². The van der Waals surface area contributed by atoms with E-state index in [1.165, 1.54) is 33.8 Å². The van der Waals surface area contributed by atoms with Crippen molar-refractivity contribution in [2.75, 3.05) is 11.9 Å². The fourth-order valence-electron chi connectivity index (χ4n) is 7.24. The standard InChI is InChI=1S/C44H31N3O6S3/c1-25-10-20-37-40(41(25)56(50,51)52)55-43(47-37)29-17-21-36-39(23-29)54-42(46-36)28-13-11-26(12-14-28)22-38(48)27-15-18-30(19-16-27)45-44(49)53-24-35-33-8-4-2-6-31(33)32-7-3-5-9-34(32)35/h2-21,23,35H,22,24H2,1H3,(H,45,49)(H,50,51,52). The molecule has 56 heavy (non-hydrogen) atoms. The number of anilines is 1. The molecule has 0 saturated heterocycles. The van der Waals surface area contributed by atoms with E-state index in [-0.39, 0.29) is 29.6 Å². The maximum atomic E-state index is 13.2. The van der Waals surface area contributed by atoms with E-state index in [1.807, 2.05) is 66.7 Å². The summed E-state index contributed by atoms with van der Waals surface area (Å²) in [7, 11) is -4.41. The average molecular weight is 794 g/mol. The van der Waals surface area contributed by atoms with Crippen LogP contribution in [-0.2, 0) is 21.3 Å². The van der Waals surface area contributed by atoms with Crippen molar-refractivity contribution in [2.45, 2.75) is 24.2 Å². The average Bonchev–Trinajstić information content (AvgIpc) is 3.91. The molecule has 6 aromatic carbocycles. The summed E-state index contributed by atoms with van der Waals surface area (Å²) in [6.07, 6.45) is -0.344. The number of aromatic nitrogens is 2. The van der Waals surface area contributed by atoms with Crippen LogP contribution in [0.2, 0.25) is 0 Å². The Balaban J connectivity index is 0.827. The Morgan fingerprint density at radius 3 is 2.07 bits per heavy atom. The first-order chi connectivity index (χ1) is 27.1. The lowest BCUT2D eigenvalue weighted by Gasteiger charge is -2.14. The summed E-state index contributed by atoms with van der Waals surface area (Å²) < 4.78 is 41.1. The maximum absolute atomic E-state index is 13.2. The Bertz CT molecular complexity index is 2910. The maximum Gasteiger partial charge on any atom is 0.411 e. The zero-order valence-corrected chi connectivity index (χ0v) is 32.2. The number of benzene rings is 6. The van der Waals surface area contributed by atoms with Crippen LogP contribution in [0.1, 0.15) is 38.5 Å². The van der Waals surface area contributed by atoms with Crippen LogP contribution in [0.4, 0.5) is 10.5 Å². The van der Waals surface area contributed by atoms with Crippen LogP contribution in [0.5, 0.6) is 0 Å². The molecule has 276 valence electrons. The lowest BCUT2D eigenvalue weighted by molar-refractivity contribution is 0.0993. The predicted octanol–water partition coefficient (Wildman–Crippen LogP) is 10.6. The molecular formula is C44H31N3O6S3. The van der Waals surface area contributed by atoms with Gasteiger partial charge in [0.25, 0.3) is 10.1 Å². The normalized spacial score (nSPS) is 12.5. The number of nitrogens with one attached hydrogen (secondary N) is 1. The van der Waals surface area contributed by atoms with E-state index >= 15 is 0 Å². The number of hydrogen-bond acceptors (Lipinski definition) is 9. The Morgan fingerprint density at radius 1 is 0.750 bits per heavy atom. The summed E-state index contributed by atoms with van der Waals surface area (Å²) >= 11 is 2.75. The molecule has 9 rings (SSSR count). The van der Waals surface area contributed by atoms with Crippen LogP contribution < -0.4 is 5.32 Å². The summed E-state index contributed by atoms with van der Waals surface area (Å²) in [4.78, 5) is 35.3. The van der Waals surface area contributed by atoms with Gasteiger partial charge in [-0.1, -0.05) is 78.9 Å². The highest BCUT2D eigenvalue weighted by atomic mass is 32.2. The van der Waals surface area contributed by atoms with E-state index in [0.29, 0.717) is 32.0 Å². The summed E-state index contributed by atoms with van der Waals surface area (Å²) in [5.74, 6) is -0.0838. The number of thiazole rings is 2. The second kappa shape index (κ2) is 14.2. The zero-order chi connectivity index (χ0) is 38.6. The lowest BCUT2D eigenvalue weighted by Crippen LogP contribution is -2.18. The van der Waals surface area contributed by atoms with Gasteiger partial charge in [-0.05, 0) is 88.8 Å². The molecule has 8 aromatic rings. The molecular weight excluding hydrogens is 763 g/mol. The highest BCUT2D eigenvalue weighted by Gasteiger charge is 2.29. The first-order valence-electron chi connectivity index (χ1n) is 17.7. The predicted molar refractivity (Wildman–Crippen MR) is 221 cm³/mol. The van der Waals surface area contributed by atoms with Gasteiger partial charge >= 0.3 is 6.09 Å². The molecule has 2 aromatic heterocycles. The van der Waals surface area contributed by atoms with E-state index in [1.54, 1.807) is 43.3 Å². The first kappa shape index (κ1) is 35.6. The van der Waals surface area contributed by atoms with Crippen molar-refractivity contribution in [3.8, 4) is 32.3 Å². The van der Waals surface area contributed by atoms with Crippen LogP contribution >= 0.6 is 22.7 Å². The summed E-state index contributed by atoms with van der Waals surface area (Å²) in [5, 5.41) is 4.24. The highest BCUT2D eigenvalue weighted by molar-refractivity contribution is 7.86. The molecule has 1 aliphatic carbocycles. The largest absolute Gasteiger partial charge is 0.448 e. The van der Waals surface area contributed by atoms with Gasteiger partial charge in [-0.2, -0.15) is 8.42 Å². The number of Topliss-reactive ketones (excluding diaryl/α,β-unsaturated/α-hetero) is 1. The van der Waals surface area contributed by atoms with Crippen molar-refractivity contribution in [3.63, 3.8) is 0 Å². The number of carbonyl (C=O) groups is 2. The van der Waals surface area contributed by atoms with Gasteiger partial charge in [0.05, 0.1) is 20.4 Å². The van der Waals surface area contributed by atoms with E-state index in [4.69, 9.17) is 9.72 Å². The number of ketones is 1. The lowest BCUT2D eigenvalue weighted by atomic mass is 9.98. The molecule has 0 saturated carbocycles. The summed E-state index contributed by atoms with van der Waals surface area (Å²) in [6, 6.07) is 40.1. The second-order valence-electron chi connectivity index (χ2n) is 13.6. The van der Waals surface area contributed by atoms with Gasteiger partial charge in [0, 0.05) is 34.7 Å². The van der Waals surface area contributed by atoms with E-state index in [2.05, 4.69) is 34.6 Å². The Hall–Kier alpha value is -6.05. The third-order valence-electron chi connectivity index (χ3n) is 9.96. The van der Waals surface area contributed by atoms with Crippen molar-refractivity contribution in [3.05, 3.63) is 155 Å². The van der Waals surface area contributed by atoms with Crippen LogP contribution in [0.15, 0.2) is 132 Å². The number of hydrogen-bond donors (Lipinski definition) is 2. The molecule has 2 heterocycles. The fourth-order valence-corrected chi connectivity index (χ4v) is 10.6. The minimum Gasteiger partial charge on any atom is -0.448 e. The number of fused-ring (bicyclic) bond motifs is 5. The monoisotopic (exact) mass is 793 g/mol. The molecule has 0 atom stereocenters. The van der Waals surface area contributed by atoms with Gasteiger partial charge in [-0.3, -0.25) is 14.7 Å². The van der Waals surface area contributed by atoms with E-state index < -0.39 is 16.2 Å². The number of rotatable bonds is 9. The third kappa shape index (κ3) is 6.77. The van der Waals surface area contributed by atoms with E-state index in [0.717, 1.165) is 43.0 Å². The van der Waals surface area contributed by atoms with Gasteiger partial charge < -0.3 is 4.74 Å². The van der Waals surface area contributed by atoms with Gasteiger partial charge in [0.2, 0.25) is 0 Å². The van der Waals surface area contributed by atoms with Crippen molar-refractivity contribution >= 4 is 70.8 Å².